The molecule has 0 spiro atoms. The molecule has 1 fully saturated rings. The highest BCUT2D eigenvalue weighted by atomic mass is 16.1. The molecule has 2 nitrogen and oxygen atoms in total. The molecule has 0 N–H and O–H groups in total. The summed E-state index contributed by atoms with van der Waals surface area (Å²) in [5, 5.41) is 0. The fourth-order valence-corrected chi connectivity index (χ4v) is 1.58. The molecule has 0 bridgehead atoms. The highest BCUT2D eigenvalue weighted by molar-refractivity contribution is 5.83. The molecule has 2 heteroatoms. The van der Waals surface area contributed by atoms with E-state index in [2.05, 4.69) is 4.98 Å². The minimum Gasteiger partial charge on any atom is -0.299 e. The van der Waals surface area contributed by atoms with Crippen LogP contribution in [-0.2, 0) is 11.2 Å². The highest BCUT2D eigenvalue weighted by Gasteiger charge is 2.24. The topological polar surface area (TPSA) is 30.0 Å². The molecule has 1 aromatic heterocycles. The molecule has 1 aromatic rings. The first-order valence-corrected chi connectivity index (χ1v) is 4.78. The molecule has 1 saturated carbocycles. The fourth-order valence-electron chi connectivity index (χ4n) is 1.58. The smallest absolute Gasteiger partial charge is 0.140 e. The van der Waals surface area contributed by atoms with Crippen molar-refractivity contribution in [1.29, 1.82) is 0 Å². The molecule has 68 valence electrons. The van der Waals surface area contributed by atoms with Gasteiger partial charge in [-0.15, -0.1) is 0 Å². The number of pyridine rings is 1. The lowest BCUT2D eigenvalue weighted by molar-refractivity contribution is -0.124. The number of hydrogen-bond acceptors (Lipinski definition) is 2. The van der Waals surface area contributed by atoms with Gasteiger partial charge in [0.2, 0.25) is 0 Å². The Kier molecular flexibility index (Phi) is 2.39. The molecule has 1 heterocycles. The summed E-state index contributed by atoms with van der Waals surface area (Å²) >= 11 is 0. The Labute approximate surface area is 78.0 Å². The summed E-state index contributed by atoms with van der Waals surface area (Å²) in [5.41, 5.74) is 1.09. The van der Waals surface area contributed by atoms with E-state index in [9.17, 15) is 4.79 Å². The van der Waals surface area contributed by atoms with Crippen LogP contribution in [0.4, 0.5) is 0 Å². The first-order chi connectivity index (χ1) is 6.36. The van der Waals surface area contributed by atoms with Crippen molar-refractivity contribution in [2.75, 3.05) is 0 Å². The van der Waals surface area contributed by atoms with E-state index in [1.165, 1.54) is 6.42 Å². The zero-order valence-electron chi connectivity index (χ0n) is 7.57. The number of carbonyl (C=O) groups excluding carboxylic acids is 1. The first kappa shape index (κ1) is 8.42. The van der Waals surface area contributed by atoms with Crippen LogP contribution in [0.25, 0.3) is 0 Å². The number of Topliss-reactive ketones (excluding diaryl/α,β-unsaturated/α-hetero) is 1. The van der Waals surface area contributed by atoms with Crippen LogP contribution in [-0.4, -0.2) is 10.8 Å². The highest BCUT2D eigenvalue weighted by Crippen LogP contribution is 2.28. The summed E-state index contributed by atoms with van der Waals surface area (Å²) in [6.07, 6.45) is 7.50. The minimum atomic E-state index is 0.355. The van der Waals surface area contributed by atoms with Gasteiger partial charge in [0, 0.05) is 24.7 Å². The second kappa shape index (κ2) is 3.69. The van der Waals surface area contributed by atoms with Crippen LogP contribution in [0.2, 0.25) is 0 Å². The van der Waals surface area contributed by atoms with Crippen LogP contribution < -0.4 is 0 Å². The lowest BCUT2D eigenvalue weighted by Gasteiger charge is -2.23. The predicted octanol–water partition coefficient (Wildman–Crippen LogP) is 1.99. The standard InChI is InChI=1S/C11H13NO/c13-11(10-2-1-3-10)8-9-4-6-12-7-5-9/h4-7,10H,1-3,8H2. The Morgan fingerprint density at radius 3 is 2.62 bits per heavy atom. The summed E-state index contributed by atoms with van der Waals surface area (Å²) in [6.45, 7) is 0. The number of nitrogens with zero attached hydrogens (tertiary/aromatic N) is 1. The fraction of sp³-hybridized carbons (Fsp3) is 0.455. The van der Waals surface area contributed by atoms with E-state index in [1.807, 2.05) is 12.1 Å². The van der Waals surface area contributed by atoms with Crippen molar-refractivity contribution in [2.45, 2.75) is 25.7 Å². The van der Waals surface area contributed by atoms with E-state index in [-0.39, 0.29) is 0 Å². The average Bonchev–Trinajstić information content (AvgIpc) is 2.02. The molecule has 0 atom stereocenters. The lowest BCUT2D eigenvalue weighted by atomic mass is 9.80. The van der Waals surface area contributed by atoms with Crippen molar-refractivity contribution < 1.29 is 4.79 Å². The summed E-state index contributed by atoms with van der Waals surface area (Å²) in [6, 6.07) is 3.83. The van der Waals surface area contributed by atoms with Crippen LogP contribution in [0.5, 0.6) is 0 Å². The predicted molar refractivity (Wildman–Crippen MR) is 50.3 cm³/mol. The number of hydrogen-bond donors (Lipinski definition) is 0. The quantitative estimate of drug-likeness (QED) is 0.703. The van der Waals surface area contributed by atoms with Crippen LogP contribution in [0.15, 0.2) is 24.5 Å². The Morgan fingerprint density at radius 1 is 1.38 bits per heavy atom. The average molecular weight is 175 g/mol. The van der Waals surface area contributed by atoms with E-state index in [1.54, 1.807) is 12.4 Å². The monoisotopic (exact) mass is 175 g/mol. The largest absolute Gasteiger partial charge is 0.299 e. The van der Waals surface area contributed by atoms with Crippen LogP contribution >= 0.6 is 0 Å². The molecule has 2 rings (SSSR count). The van der Waals surface area contributed by atoms with Gasteiger partial charge in [-0.25, -0.2) is 0 Å². The molecule has 1 aliphatic rings. The normalized spacial score (nSPS) is 16.6. The number of ketones is 1. The molecule has 0 radical (unpaired) electrons. The van der Waals surface area contributed by atoms with Crippen molar-refractivity contribution in [3.05, 3.63) is 30.1 Å². The minimum absolute atomic E-state index is 0.355. The van der Waals surface area contributed by atoms with E-state index < -0.39 is 0 Å². The molecular formula is C11H13NO. The summed E-state index contributed by atoms with van der Waals surface area (Å²) in [7, 11) is 0. The first-order valence-electron chi connectivity index (χ1n) is 4.78. The Morgan fingerprint density at radius 2 is 2.08 bits per heavy atom. The maximum absolute atomic E-state index is 11.6. The molecule has 13 heavy (non-hydrogen) atoms. The van der Waals surface area contributed by atoms with Gasteiger partial charge in [0.1, 0.15) is 5.78 Å². The van der Waals surface area contributed by atoms with Gasteiger partial charge in [0.25, 0.3) is 0 Å². The zero-order valence-corrected chi connectivity index (χ0v) is 7.57. The third kappa shape index (κ3) is 1.94. The Bertz CT molecular complexity index is 290. The van der Waals surface area contributed by atoms with E-state index in [0.29, 0.717) is 18.1 Å². The van der Waals surface area contributed by atoms with Gasteiger partial charge in [-0.1, -0.05) is 6.42 Å². The van der Waals surface area contributed by atoms with Crippen molar-refractivity contribution in [1.82, 2.24) is 4.98 Å². The van der Waals surface area contributed by atoms with Gasteiger partial charge in [0.05, 0.1) is 0 Å². The zero-order chi connectivity index (χ0) is 9.10. The summed E-state index contributed by atoms with van der Waals surface area (Å²) < 4.78 is 0. The van der Waals surface area contributed by atoms with Crippen molar-refractivity contribution >= 4 is 5.78 Å². The van der Waals surface area contributed by atoms with Gasteiger partial charge in [-0.3, -0.25) is 9.78 Å². The summed E-state index contributed by atoms with van der Waals surface area (Å²) in [4.78, 5) is 15.5. The van der Waals surface area contributed by atoms with Gasteiger partial charge < -0.3 is 0 Å². The third-order valence-corrected chi connectivity index (χ3v) is 2.69. The van der Waals surface area contributed by atoms with E-state index in [4.69, 9.17) is 0 Å². The third-order valence-electron chi connectivity index (χ3n) is 2.69. The van der Waals surface area contributed by atoms with Crippen LogP contribution in [0, 0.1) is 5.92 Å². The van der Waals surface area contributed by atoms with E-state index >= 15 is 0 Å². The van der Waals surface area contributed by atoms with Gasteiger partial charge in [0.15, 0.2) is 0 Å². The van der Waals surface area contributed by atoms with Gasteiger partial charge >= 0.3 is 0 Å². The molecule has 0 amide bonds. The van der Waals surface area contributed by atoms with Gasteiger partial charge in [-0.05, 0) is 30.5 Å². The lowest BCUT2D eigenvalue weighted by Crippen LogP contribution is -2.23. The second-order valence-electron chi connectivity index (χ2n) is 3.63. The van der Waals surface area contributed by atoms with Crippen molar-refractivity contribution in [2.24, 2.45) is 5.92 Å². The van der Waals surface area contributed by atoms with E-state index in [0.717, 1.165) is 18.4 Å². The number of carbonyl (C=O) groups is 1. The molecule has 0 unspecified atom stereocenters. The molecule has 0 saturated heterocycles. The Hall–Kier alpha value is -1.18. The second-order valence-corrected chi connectivity index (χ2v) is 3.63. The maximum atomic E-state index is 11.6. The van der Waals surface area contributed by atoms with Crippen molar-refractivity contribution in [3.8, 4) is 0 Å². The number of rotatable bonds is 3. The van der Waals surface area contributed by atoms with Crippen LogP contribution in [0.3, 0.4) is 0 Å². The Balaban J connectivity index is 1.94. The maximum Gasteiger partial charge on any atom is 0.140 e. The van der Waals surface area contributed by atoms with Crippen molar-refractivity contribution in [3.63, 3.8) is 0 Å². The van der Waals surface area contributed by atoms with Gasteiger partial charge in [-0.2, -0.15) is 0 Å². The summed E-state index contributed by atoms with van der Waals surface area (Å²) in [5.74, 6) is 0.755. The number of aromatic nitrogens is 1. The molecule has 0 aromatic carbocycles. The SMILES string of the molecule is O=C(Cc1ccncc1)C1CCC1. The molecule has 1 aliphatic carbocycles. The molecule has 0 aliphatic heterocycles. The molecular weight excluding hydrogens is 162 g/mol. The van der Waals surface area contributed by atoms with Crippen LogP contribution in [0.1, 0.15) is 24.8 Å².